The summed E-state index contributed by atoms with van der Waals surface area (Å²) < 4.78 is 8.72. The monoisotopic (exact) mass is 425 g/mol. The Labute approximate surface area is 187 Å². The van der Waals surface area contributed by atoms with Crippen molar-refractivity contribution in [3.63, 3.8) is 0 Å². The number of nitrogens with zero attached hydrogens (tertiary/aromatic N) is 3. The van der Waals surface area contributed by atoms with Crippen LogP contribution in [0.15, 0.2) is 61.1 Å². The van der Waals surface area contributed by atoms with E-state index in [1.807, 2.05) is 6.07 Å². The summed E-state index contributed by atoms with van der Waals surface area (Å²) in [6.07, 6.45) is 7.97. The molecule has 2 aromatic heterocycles. The highest BCUT2D eigenvalue weighted by Gasteiger charge is 2.32. The summed E-state index contributed by atoms with van der Waals surface area (Å²) in [5.74, 6) is 2.05. The van der Waals surface area contributed by atoms with Crippen molar-refractivity contribution in [2.45, 2.75) is 37.8 Å². The summed E-state index contributed by atoms with van der Waals surface area (Å²) in [6, 6.07) is 17.4. The Morgan fingerprint density at radius 1 is 1.06 bits per heavy atom. The molecule has 32 heavy (non-hydrogen) atoms. The molecule has 0 bridgehead atoms. The number of nitrogen functional groups attached to an aromatic ring is 1. The molecule has 0 amide bonds. The summed E-state index contributed by atoms with van der Waals surface area (Å²) >= 11 is 0. The van der Waals surface area contributed by atoms with Gasteiger partial charge in [-0.05, 0) is 60.9 Å². The van der Waals surface area contributed by atoms with Gasteiger partial charge in [-0.25, -0.2) is 9.97 Å². The van der Waals surface area contributed by atoms with Gasteiger partial charge in [0.25, 0.3) is 0 Å². The van der Waals surface area contributed by atoms with Gasteiger partial charge in [0, 0.05) is 17.8 Å². The molecule has 1 aliphatic heterocycles. The highest BCUT2D eigenvalue weighted by molar-refractivity contribution is 6.00. The summed E-state index contributed by atoms with van der Waals surface area (Å²) in [6.45, 7) is 0.740. The molecule has 0 saturated heterocycles. The van der Waals surface area contributed by atoms with E-state index >= 15 is 0 Å². The average molecular weight is 426 g/mol. The third-order valence-electron chi connectivity index (χ3n) is 7.07. The van der Waals surface area contributed by atoms with Crippen LogP contribution in [0.3, 0.4) is 0 Å². The number of anilines is 1. The zero-order valence-electron chi connectivity index (χ0n) is 17.9. The second kappa shape index (κ2) is 7.64. The van der Waals surface area contributed by atoms with Crippen molar-refractivity contribution < 1.29 is 4.74 Å². The molecular weight excluding hydrogens is 398 g/mol. The molecule has 1 aliphatic carbocycles. The van der Waals surface area contributed by atoms with E-state index in [9.17, 15) is 0 Å². The van der Waals surface area contributed by atoms with Crippen LogP contribution in [0.25, 0.3) is 22.2 Å². The van der Waals surface area contributed by atoms with Crippen LogP contribution in [0.4, 0.5) is 5.82 Å². The average Bonchev–Trinajstić information content (AvgIpc) is 3.19. The highest BCUT2D eigenvalue weighted by Crippen LogP contribution is 2.44. The minimum atomic E-state index is 0.0804. The summed E-state index contributed by atoms with van der Waals surface area (Å²) in [4.78, 5) is 8.87. The molecule has 162 valence electrons. The quantitative estimate of drug-likeness (QED) is 0.496. The first-order valence-electron chi connectivity index (χ1n) is 11.4. The van der Waals surface area contributed by atoms with Crippen molar-refractivity contribution in [1.82, 2.24) is 14.5 Å². The number of rotatable bonds is 4. The lowest BCUT2D eigenvalue weighted by Crippen LogP contribution is -2.31. The van der Waals surface area contributed by atoms with Crippen LogP contribution in [0.5, 0.6) is 5.75 Å². The van der Waals surface area contributed by atoms with E-state index in [0.717, 1.165) is 60.1 Å². The Balaban J connectivity index is 1.40. The van der Waals surface area contributed by atoms with Gasteiger partial charge in [0.15, 0.2) is 0 Å². The van der Waals surface area contributed by atoms with Crippen molar-refractivity contribution in [2.24, 2.45) is 11.7 Å². The molecule has 0 spiro atoms. The van der Waals surface area contributed by atoms with E-state index in [-0.39, 0.29) is 6.10 Å². The van der Waals surface area contributed by atoms with E-state index < -0.39 is 0 Å². The largest absolute Gasteiger partial charge is 0.485 e. The Morgan fingerprint density at radius 3 is 2.72 bits per heavy atom. The molecule has 1 fully saturated rings. The van der Waals surface area contributed by atoms with Gasteiger partial charge in [0.2, 0.25) is 0 Å². The topological polar surface area (TPSA) is 92.0 Å². The van der Waals surface area contributed by atoms with Gasteiger partial charge >= 0.3 is 0 Å². The predicted octanol–water partition coefficient (Wildman–Crippen LogP) is 4.66. The summed E-state index contributed by atoms with van der Waals surface area (Å²) in [5, 5.41) is 0.916. The van der Waals surface area contributed by atoms with Crippen molar-refractivity contribution in [3.8, 4) is 16.9 Å². The van der Waals surface area contributed by atoms with Crippen LogP contribution in [-0.4, -0.2) is 21.1 Å². The minimum Gasteiger partial charge on any atom is -0.485 e. The highest BCUT2D eigenvalue weighted by atomic mass is 16.5. The Hall–Kier alpha value is -3.38. The Morgan fingerprint density at radius 2 is 1.91 bits per heavy atom. The lowest BCUT2D eigenvalue weighted by Gasteiger charge is -2.35. The van der Waals surface area contributed by atoms with Gasteiger partial charge in [0.1, 0.15) is 29.6 Å². The minimum absolute atomic E-state index is 0.0804. The summed E-state index contributed by atoms with van der Waals surface area (Å²) in [5.41, 5.74) is 17.7. The number of nitrogens with two attached hydrogens (primary N) is 2. The molecule has 1 saturated carbocycles. The van der Waals surface area contributed by atoms with Crippen molar-refractivity contribution in [1.29, 1.82) is 0 Å². The van der Waals surface area contributed by atoms with E-state index in [0.29, 0.717) is 17.8 Å². The van der Waals surface area contributed by atoms with Gasteiger partial charge in [-0.2, -0.15) is 0 Å². The molecule has 4 N–H and O–H groups in total. The molecule has 1 atom stereocenters. The molecule has 0 radical (unpaired) electrons. The third-order valence-corrected chi connectivity index (χ3v) is 7.07. The SMILES string of the molecule is NCC1CC(n2cc(-c3ccc4c(c3)O[C@@H](c3ccccc3)CC4)c3c(N)ncnc32)C1. The number of hydrogen-bond donors (Lipinski definition) is 2. The Bertz CT molecular complexity index is 1280. The second-order valence-electron chi connectivity index (χ2n) is 9.01. The molecular formula is C26H27N5O. The van der Waals surface area contributed by atoms with Gasteiger partial charge in [-0.3, -0.25) is 0 Å². The maximum Gasteiger partial charge on any atom is 0.146 e. The lowest BCUT2D eigenvalue weighted by atomic mass is 9.80. The maximum atomic E-state index is 6.45. The van der Waals surface area contributed by atoms with E-state index in [1.54, 1.807) is 6.33 Å². The lowest BCUT2D eigenvalue weighted by molar-refractivity contribution is 0.177. The van der Waals surface area contributed by atoms with Gasteiger partial charge in [-0.15, -0.1) is 0 Å². The standard InChI is InChI=1S/C26H27N5O/c27-13-16-10-20(11-16)31-14-21(24-25(28)29-15-30-26(24)31)19-7-6-18-8-9-22(32-23(18)12-19)17-4-2-1-3-5-17/h1-7,12,14-16,20,22H,8-11,13,27H2,(H2,28,29,30)/t16?,20?,22-/m1/s1. The van der Waals surface area contributed by atoms with E-state index in [4.69, 9.17) is 16.2 Å². The first-order chi connectivity index (χ1) is 15.7. The fraction of sp³-hybridized carbons (Fsp3) is 0.308. The summed E-state index contributed by atoms with van der Waals surface area (Å²) in [7, 11) is 0. The molecule has 6 rings (SSSR count). The molecule has 3 heterocycles. The van der Waals surface area contributed by atoms with Crippen LogP contribution < -0.4 is 16.2 Å². The van der Waals surface area contributed by atoms with E-state index in [1.165, 1.54) is 11.1 Å². The zero-order valence-corrected chi connectivity index (χ0v) is 17.9. The van der Waals surface area contributed by atoms with Gasteiger partial charge in [-0.1, -0.05) is 42.5 Å². The van der Waals surface area contributed by atoms with Gasteiger partial charge < -0.3 is 20.8 Å². The molecule has 2 aromatic carbocycles. The zero-order chi connectivity index (χ0) is 21.7. The number of benzene rings is 2. The fourth-order valence-corrected chi connectivity index (χ4v) is 5.17. The first-order valence-corrected chi connectivity index (χ1v) is 11.4. The number of aryl methyl sites for hydroxylation is 1. The van der Waals surface area contributed by atoms with Crippen LogP contribution in [0, 0.1) is 5.92 Å². The first kappa shape index (κ1) is 19.3. The molecule has 0 unspecified atom stereocenters. The van der Waals surface area contributed by atoms with Crippen LogP contribution in [0.1, 0.15) is 42.5 Å². The normalized spacial score (nSPS) is 22.2. The van der Waals surface area contributed by atoms with E-state index in [2.05, 4.69) is 63.2 Å². The van der Waals surface area contributed by atoms with Crippen LogP contribution >= 0.6 is 0 Å². The molecule has 4 aromatic rings. The smallest absolute Gasteiger partial charge is 0.146 e. The van der Waals surface area contributed by atoms with Crippen molar-refractivity contribution in [2.75, 3.05) is 12.3 Å². The number of fused-ring (bicyclic) bond motifs is 2. The predicted molar refractivity (Wildman–Crippen MR) is 126 cm³/mol. The molecule has 2 aliphatic rings. The van der Waals surface area contributed by atoms with Crippen LogP contribution in [0.2, 0.25) is 0 Å². The number of ether oxygens (including phenoxy) is 1. The molecule has 6 heteroatoms. The van der Waals surface area contributed by atoms with Crippen molar-refractivity contribution in [3.05, 3.63) is 72.2 Å². The Kier molecular flexibility index (Phi) is 4.61. The fourth-order valence-electron chi connectivity index (χ4n) is 5.17. The van der Waals surface area contributed by atoms with Crippen LogP contribution in [-0.2, 0) is 6.42 Å². The second-order valence-corrected chi connectivity index (χ2v) is 9.01. The third kappa shape index (κ3) is 3.14. The number of hydrogen-bond acceptors (Lipinski definition) is 5. The molecule has 6 nitrogen and oxygen atoms in total. The van der Waals surface area contributed by atoms with Gasteiger partial charge in [0.05, 0.1) is 5.39 Å². The van der Waals surface area contributed by atoms with Crippen molar-refractivity contribution >= 4 is 16.9 Å². The maximum absolute atomic E-state index is 6.45. The number of aromatic nitrogens is 3.